The Labute approximate surface area is 106 Å². The van der Waals surface area contributed by atoms with Crippen molar-refractivity contribution in [3.63, 3.8) is 0 Å². The van der Waals surface area contributed by atoms with Crippen LogP contribution in [0.15, 0.2) is 40.2 Å². The lowest BCUT2D eigenvalue weighted by Crippen LogP contribution is -2.00. The fourth-order valence-corrected chi connectivity index (χ4v) is 1.96. The summed E-state index contributed by atoms with van der Waals surface area (Å²) in [6, 6.07) is 7.78. The number of benzene rings is 1. The number of halogens is 1. The Morgan fingerprint density at radius 2 is 2.12 bits per heavy atom. The lowest BCUT2D eigenvalue weighted by atomic mass is 10.3. The van der Waals surface area contributed by atoms with Crippen LogP contribution >= 0.6 is 27.7 Å². The Hall–Kier alpha value is -1.01. The summed E-state index contributed by atoms with van der Waals surface area (Å²) in [6.07, 6.45) is 1.50. The first-order valence-corrected chi connectivity index (χ1v) is 6.49. The van der Waals surface area contributed by atoms with Gasteiger partial charge in [-0.2, -0.15) is 5.10 Å². The molecule has 0 unspecified atom stereocenters. The van der Waals surface area contributed by atoms with Gasteiger partial charge in [-0.3, -0.25) is 5.10 Å². The molecule has 4 nitrogen and oxygen atoms in total. The Morgan fingerprint density at radius 3 is 2.81 bits per heavy atom. The first-order chi connectivity index (χ1) is 7.84. The molecule has 84 valence electrons. The maximum Gasteiger partial charge on any atom is 0.183 e. The summed E-state index contributed by atoms with van der Waals surface area (Å²) in [4.78, 5) is 4.01. The van der Waals surface area contributed by atoms with E-state index >= 15 is 0 Å². The van der Waals surface area contributed by atoms with E-state index in [0.29, 0.717) is 6.61 Å². The largest absolute Gasteiger partial charge is 0.493 e. The van der Waals surface area contributed by atoms with Crippen molar-refractivity contribution in [1.29, 1.82) is 0 Å². The summed E-state index contributed by atoms with van der Waals surface area (Å²) in [7, 11) is 0. The van der Waals surface area contributed by atoms with Crippen LogP contribution in [0.3, 0.4) is 0 Å². The maximum absolute atomic E-state index is 5.56. The van der Waals surface area contributed by atoms with Crippen molar-refractivity contribution in [3.05, 3.63) is 35.1 Å². The van der Waals surface area contributed by atoms with E-state index in [1.165, 1.54) is 6.33 Å². The number of ether oxygens (including phenoxy) is 1. The van der Waals surface area contributed by atoms with Gasteiger partial charge in [0.15, 0.2) is 5.16 Å². The molecule has 0 radical (unpaired) electrons. The van der Waals surface area contributed by atoms with Gasteiger partial charge in [-0.1, -0.05) is 27.7 Å². The summed E-state index contributed by atoms with van der Waals surface area (Å²) in [5.41, 5.74) is 0. The lowest BCUT2D eigenvalue weighted by Gasteiger charge is -2.04. The molecule has 0 aliphatic heterocycles. The zero-order chi connectivity index (χ0) is 11.2. The summed E-state index contributed by atoms with van der Waals surface area (Å²) >= 11 is 4.96. The number of rotatable bonds is 5. The van der Waals surface area contributed by atoms with E-state index in [-0.39, 0.29) is 0 Å². The number of hydrogen-bond donors (Lipinski definition) is 1. The molecule has 1 heterocycles. The van der Waals surface area contributed by atoms with Gasteiger partial charge < -0.3 is 4.74 Å². The summed E-state index contributed by atoms with van der Waals surface area (Å²) < 4.78 is 6.61. The van der Waals surface area contributed by atoms with Gasteiger partial charge in [-0.25, -0.2) is 4.98 Å². The van der Waals surface area contributed by atoms with E-state index in [9.17, 15) is 0 Å². The van der Waals surface area contributed by atoms with E-state index in [2.05, 4.69) is 31.1 Å². The van der Waals surface area contributed by atoms with Gasteiger partial charge in [-0.15, -0.1) is 0 Å². The SMILES string of the molecule is Brc1ccc(OCCSc2ncn[nH]2)cc1. The highest BCUT2D eigenvalue weighted by atomic mass is 79.9. The second kappa shape index (κ2) is 5.91. The van der Waals surface area contributed by atoms with Gasteiger partial charge in [0.1, 0.15) is 12.1 Å². The van der Waals surface area contributed by atoms with Gasteiger partial charge in [-0.05, 0) is 24.3 Å². The molecule has 0 bridgehead atoms. The molecule has 0 saturated carbocycles. The van der Waals surface area contributed by atoms with E-state index in [1.807, 2.05) is 24.3 Å². The summed E-state index contributed by atoms with van der Waals surface area (Å²) in [5, 5.41) is 7.37. The first kappa shape index (κ1) is 11.5. The van der Waals surface area contributed by atoms with Crippen LogP contribution in [0.2, 0.25) is 0 Å². The molecule has 1 aromatic heterocycles. The highest BCUT2D eigenvalue weighted by Gasteiger charge is 1.97. The van der Waals surface area contributed by atoms with Crippen LogP contribution in [0, 0.1) is 0 Å². The van der Waals surface area contributed by atoms with Crippen molar-refractivity contribution in [1.82, 2.24) is 15.2 Å². The van der Waals surface area contributed by atoms with Gasteiger partial charge in [0.2, 0.25) is 0 Å². The molecule has 0 saturated heterocycles. The number of aromatic nitrogens is 3. The van der Waals surface area contributed by atoms with Crippen molar-refractivity contribution >= 4 is 27.7 Å². The second-order valence-electron chi connectivity index (χ2n) is 2.94. The molecular formula is C10H10BrN3OS. The van der Waals surface area contributed by atoms with E-state index in [1.54, 1.807) is 11.8 Å². The predicted molar refractivity (Wildman–Crippen MR) is 66.7 cm³/mol. The highest BCUT2D eigenvalue weighted by Crippen LogP contribution is 2.17. The third-order valence-corrected chi connectivity index (χ3v) is 3.17. The van der Waals surface area contributed by atoms with Gasteiger partial charge in [0.05, 0.1) is 6.61 Å². The van der Waals surface area contributed by atoms with E-state index in [0.717, 1.165) is 21.1 Å². The Balaban J connectivity index is 1.70. The Bertz CT molecular complexity index is 418. The van der Waals surface area contributed by atoms with Crippen molar-refractivity contribution in [2.24, 2.45) is 0 Å². The van der Waals surface area contributed by atoms with Gasteiger partial charge in [0, 0.05) is 10.2 Å². The average Bonchev–Trinajstić information content (AvgIpc) is 2.80. The third kappa shape index (κ3) is 3.53. The molecular weight excluding hydrogens is 290 g/mol. The molecule has 0 spiro atoms. The Kier molecular flexibility index (Phi) is 4.24. The van der Waals surface area contributed by atoms with Crippen LogP contribution in [-0.2, 0) is 0 Å². The topological polar surface area (TPSA) is 50.8 Å². The molecule has 0 fully saturated rings. The fourth-order valence-electron chi connectivity index (χ4n) is 1.09. The molecule has 6 heteroatoms. The molecule has 0 aliphatic carbocycles. The minimum Gasteiger partial charge on any atom is -0.493 e. The fraction of sp³-hybridized carbons (Fsp3) is 0.200. The summed E-state index contributed by atoms with van der Waals surface area (Å²) in [6.45, 7) is 0.646. The molecule has 16 heavy (non-hydrogen) atoms. The van der Waals surface area contributed by atoms with Crippen molar-refractivity contribution in [2.75, 3.05) is 12.4 Å². The minimum atomic E-state index is 0.646. The number of aromatic amines is 1. The monoisotopic (exact) mass is 299 g/mol. The minimum absolute atomic E-state index is 0.646. The quantitative estimate of drug-likeness (QED) is 0.681. The lowest BCUT2D eigenvalue weighted by molar-refractivity contribution is 0.344. The number of nitrogens with zero attached hydrogens (tertiary/aromatic N) is 2. The van der Waals surface area contributed by atoms with Gasteiger partial charge in [0.25, 0.3) is 0 Å². The van der Waals surface area contributed by atoms with Crippen LogP contribution in [-0.4, -0.2) is 27.5 Å². The molecule has 0 amide bonds. The number of nitrogens with one attached hydrogen (secondary N) is 1. The molecule has 2 rings (SSSR count). The van der Waals surface area contributed by atoms with Crippen molar-refractivity contribution in [3.8, 4) is 5.75 Å². The molecule has 1 N–H and O–H groups in total. The molecule has 0 aliphatic rings. The average molecular weight is 300 g/mol. The zero-order valence-corrected chi connectivity index (χ0v) is 10.8. The molecule has 0 atom stereocenters. The highest BCUT2D eigenvalue weighted by molar-refractivity contribution is 9.10. The number of H-pyrrole nitrogens is 1. The van der Waals surface area contributed by atoms with Crippen LogP contribution in [0.1, 0.15) is 0 Å². The Morgan fingerprint density at radius 1 is 1.31 bits per heavy atom. The van der Waals surface area contributed by atoms with Crippen molar-refractivity contribution in [2.45, 2.75) is 5.16 Å². The molecule has 2 aromatic rings. The number of hydrogen-bond acceptors (Lipinski definition) is 4. The van der Waals surface area contributed by atoms with Crippen LogP contribution < -0.4 is 4.74 Å². The number of thioether (sulfide) groups is 1. The second-order valence-corrected chi connectivity index (χ2v) is 4.94. The maximum atomic E-state index is 5.56. The van der Waals surface area contributed by atoms with Crippen LogP contribution in [0.5, 0.6) is 5.75 Å². The molecule has 1 aromatic carbocycles. The van der Waals surface area contributed by atoms with Crippen LogP contribution in [0.25, 0.3) is 0 Å². The summed E-state index contributed by atoms with van der Waals surface area (Å²) in [5.74, 6) is 1.71. The third-order valence-electron chi connectivity index (χ3n) is 1.80. The smallest absolute Gasteiger partial charge is 0.183 e. The first-order valence-electron chi connectivity index (χ1n) is 4.71. The standard InChI is InChI=1S/C10H10BrN3OS/c11-8-1-3-9(4-2-8)15-5-6-16-10-12-7-13-14-10/h1-4,7H,5-6H2,(H,12,13,14). The van der Waals surface area contributed by atoms with E-state index < -0.39 is 0 Å². The van der Waals surface area contributed by atoms with Crippen LogP contribution in [0.4, 0.5) is 0 Å². The zero-order valence-electron chi connectivity index (χ0n) is 8.39. The predicted octanol–water partition coefficient (Wildman–Crippen LogP) is 2.74. The van der Waals surface area contributed by atoms with Gasteiger partial charge >= 0.3 is 0 Å². The normalized spacial score (nSPS) is 10.3. The van der Waals surface area contributed by atoms with Crippen molar-refractivity contribution < 1.29 is 4.74 Å². The van der Waals surface area contributed by atoms with E-state index in [4.69, 9.17) is 4.74 Å².